The van der Waals surface area contributed by atoms with Crippen LogP contribution in [0, 0.1) is 0 Å². The molecule has 5 aromatic rings. The largest absolute Gasteiger partial charge is 0.497 e. The highest BCUT2D eigenvalue weighted by Gasteiger charge is 2.22. The number of ether oxygens (including phenoxy) is 1. The van der Waals surface area contributed by atoms with E-state index in [1.54, 1.807) is 7.11 Å². The molecule has 7 nitrogen and oxygen atoms in total. The Morgan fingerprint density at radius 2 is 1.61 bits per heavy atom. The van der Waals surface area contributed by atoms with Crippen LogP contribution in [0.25, 0.3) is 28.5 Å². The first-order valence-corrected chi connectivity index (χ1v) is 11.3. The summed E-state index contributed by atoms with van der Waals surface area (Å²) in [4.78, 5) is 4.59. The van der Waals surface area contributed by atoms with Crippen molar-refractivity contribution in [2.24, 2.45) is 0 Å². The summed E-state index contributed by atoms with van der Waals surface area (Å²) in [5.41, 5.74) is 2.79. The van der Waals surface area contributed by atoms with Crippen molar-refractivity contribution in [1.82, 2.24) is 24.9 Å². The van der Waals surface area contributed by atoms with Gasteiger partial charge in [-0.05, 0) is 31.2 Å². The maximum Gasteiger partial charge on any atom is 0.240 e. The molecule has 1 atom stereocenters. The highest BCUT2D eigenvalue weighted by atomic mass is 32.2. The predicted octanol–water partition coefficient (Wildman–Crippen LogP) is 5.85. The fourth-order valence-electron chi connectivity index (χ4n) is 3.42. The van der Waals surface area contributed by atoms with Crippen LogP contribution in [-0.2, 0) is 0 Å². The highest BCUT2D eigenvalue weighted by molar-refractivity contribution is 7.99. The predicted molar refractivity (Wildman–Crippen MR) is 127 cm³/mol. The third-order valence-electron chi connectivity index (χ3n) is 5.08. The summed E-state index contributed by atoms with van der Waals surface area (Å²) < 4.78 is 13.0. The Morgan fingerprint density at radius 1 is 0.879 bits per heavy atom. The second-order valence-corrected chi connectivity index (χ2v) is 8.60. The molecule has 0 bridgehead atoms. The van der Waals surface area contributed by atoms with Crippen LogP contribution in [0.4, 0.5) is 0 Å². The van der Waals surface area contributed by atoms with E-state index in [9.17, 15) is 0 Å². The van der Waals surface area contributed by atoms with Crippen molar-refractivity contribution < 1.29 is 9.26 Å². The fraction of sp³-hybridized carbons (Fsp3) is 0.120. The number of methoxy groups -OCH3 is 1. The Labute approximate surface area is 195 Å². The molecule has 2 aromatic heterocycles. The van der Waals surface area contributed by atoms with Crippen molar-refractivity contribution in [1.29, 1.82) is 0 Å². The number of thioether (sulfide) groups is 1. The van der Waals surface area contributed by atoms with E-state index in [0.29, 0.717) is 11.7 Å². The summed E-state index contributed by atoms with van der Waals surface area (Å²) in [6.45, 7) is 2.02. The lowest BCUT2D eigenvalue weighted by molar-refractivity contribution is 0.380. The van der Waals surface area contributed by atoms with Gasteiger partial charge in [0.2, 0.25) is 11.7 Å². The number of hydrogen-bond acceptors (Lipinski definition) is 7. The van der Waals surface area contributed by atoms with Crippen molar-refractivity contribution in [3.05, 3.63) is 90.8 Å². The van der Waals surface area contributed by atoms with Gasteiger partial charge in [0.15, 0.2) is 11.0 Å². The van der Waals surface area contributed by atoms with Gasteiger partial charge >= 0.3 is 0 Å². The lowest BCUT2D eigenvalue weighted by Gasteiger charge is -2.12. The van der Waals surface area contributed by atoms with Crippen molar-refractivity contribution >= 4 is 11.8 Å². The SMILES string of the molecule is COc1cccc(-c2nnc(SC(C)c3nc(-c4ccccc4)no3)n2-c2ccccc2)c1. The standard InChI is InChI=1S/C25H21N5O2S/c1-17(24-26-22(29-32-24)18-10-5-3-6-11-18)33-25-28-27-23(19-12-9-15-21(16-19)31-2)30(25)20-13-7-4-8-14-20/h3-17H,1-2H3. The smallest absolute Gasteiger partial charge is 0.240 e. The first-order chi connectivity index (χ1) is 16.2. The number of hydrogen-bond donors (Lipinski definition) is 0. The minimum atomic E-state index is -0.125. The van der Waals surface area contributed by atoms with Crippen molar-refractivity contribution in [2.75, 3.05) is 7.11 Å². The van der Waals surface area contributed by atoms with Gasteiger partial charge in [-0.3, -0.25) is 4.57 Å². The third-order valence-corrected chi connectivity index (χ3v) is 6.11. The molecule has 0 saturated carbocycles. The van der Waals surface area contributed by atoms with E-state index in [1.807, 2.05) is 96.4 Å². The fourth-order valence-corrected chi connectivity index (χ4v) is 4.32. The molecule has 0 N–H and O–H groups in total. The van der Waals surface area contributed by atoms with Gasteiger partial charge < -0.3 is 9.26 Å². The van der Waals surface area contributed by atoms with E-state index < -0.39 is 0 Å². The van der Waals surface area contributed by atoms with Crippen LogP contribution in [-0.4, -0.2) is 32.0 Å². The average molecular weight is 456 g/mol. The second kappa shape index (κ2) is 9.30. The van der Waals surface area contributed by atoms with Crippen LogP contribution in [0.1, 0.15) is 18.1 Å². The van der Waals surface area contributed by atoms with E-state index in [0.717, 1.165) is 33.5 Å². The van der Waals surface area contributed by atoms with Crippen LogP contribution in [0.15, 0.2) is 94.6 Å². The Hall–Kier alpha value is -3.91. The van der Waals surface area contributed by atoms with Crippen molar-refractivity contribution in [3.8, 4) is 34.2 Å². The van der Waals surface area contributed by atoms with E-state index in [2.05, 4.69) is 20.3 Å². The van der Waals surface area contributed by atoms with Gasteiger partial charge in [-0.15, -0.1) is 10.2 Å². The molecule has 2 heterocycles. The average Bonchev–Trinajstić information content (AvgIpc) is 3.53. The summed E-state index contributed by atoms with van der Waals surface area (Å²) in [5.74, 6) is 2.59. The van der Waals surface area contributed by atoms with Crippen LogP contribution in [0.5, 0.6) is 5.75 Å². The van der Waals surface area contributed by atoms with E-state index >= 15 is 0 Å². The maximum absolute atomic E-state index is 5.56. The number of para-hydroxylation sites is 1. The Kier molecular flexibility index (Phi) is 5.91. The second-order valence-electron chi connectivity index (χ2n) is 7.29. The Balaban J connectivity index is 1.49. The molecule has 0 aliphatic heterocycles. The highest BCUT2D eigenvalue weighted by Crippen LogP contribution is 2.37. The molecule has 0 saturated heterocycles. The lowest BCUT2D eigenvalue weighted by Crippen LogP contribution is -2.01. The molecule has 164 valence electrons. The van der Waals surface area contributed by atoms with Crippen LogP contribution in [0.2, 0.25) is 0 Å². The minimum absolute atomic E-state index is 0.125. The minimum Gasteiger partial charge on any atom is -0.497 e. The summed E-state index contributed by atoms with van der Waals surface area (Å²) in [6, 6.07) is 27.6. The number of nitrogens with zero attached hydrogens (tertiary/aromatic N) is 5. The van der Waals surface area contributed by atoms with E-state index in [-0.39, 0.29) is 5.25 Å². The zero-order valence-corrected chi connectivity index (χ0v) is 18.9. The normalized spacial score (nSPS) is 11.9. The number of rotatable bonds is 7. The Bertz CT molecular complexity index is 1350. The van der Waals surface area contributed by atoms with Gasteiger partial charge in [0.25, 0.3) is 0 Å². The molecule has 0 aliphatic carbocycles. The molecule has 3 aromatic carbocycles. The van der Waals surface area contributed by atoms with Gasteiger partial charge in [-0.25, -0.2) is 0 Å². The van der Waals surface area contributed by atoms with Gasteiger partial charge in [0.1, 0.15) is 5.75 Å². The molecule has 0 aliphatic rings. The zero-order chi connectivity index (χ0) is 22.6. The quantitative estimate of drug-likeness (QED) is 0.285. The van der Waals surface area contributed by atoms with E-state index in [1.165, 1.54) is 11.8 Å². The molecular weight excluding hydrogens is 434 g/mol. The first-order valence-electron chi connectivity index (χ1n) is 10.4. The van der Waals surface area contributed by atoms with E-state index in [4.69, 9.17) is 9.26 Å². The molecule has 0 radical (unpaired) electrons. The lowest BCUT2D eigenvalue weighted by atomic mass is 10.2. The monoisotopic (exact) mass is 455 g/mol. The maximum atomic E-state index is 5.56. The van der Waals surface area contributed by atoms with Crippen molar-refractivity contribution in [2.45, 2.75) is 17.3 Å². The molecular formula is C25H21N5O2S. The number of benzene rings is 3. The Morgan fingerprint density at radius 3 is 2.36 bits per heavy atom. The van der Waals surface area contributed by atoms with Crippen LogP contribution < -0.4 is 4.74 Å². The summed E-state index contributed by atoms with van der Waals surface area (Å²) in [6.07, 6.45) is 0. The van der Waals surface area contributed by atoms with Crippen molar-refractivity contribution in [3.63, 3.8) is 0 Å². The van der Waals surface area contributed by atoms with Crippen LogP contribution in [0.3, 0.4) is 0 Å². The third kappa shape index (κ3) is 4.38. The van der Waals surface area contributed by atoms with Gasteiger partial charge in [-0.1, -0.05) is 77.6 Å². The van der Waals surface area contributed by atoms with Gasteiger partial charge in [-0.2, -0.15) is 4.98 Å². The summed E-state index contributed by atoms with van der Waals surface area (Å²) in [7, 11) is 1.65. The first kappa shape index (κ1) is 21.0. The summed E-state index contributed by atoms with van der Waals surface area (Å²) >= 11 is 1.51. The molecule has 33 heavy (non-hydrogen) atoms. The number of aromatic nitrogens is 5. The summed E-state index contributed by atoms with van der Waals surface area (Å²) in [5, 5.41) is 13.8. The van der Waals surface area contributed by atoms with Gasteiger partial charge in [0.05, 0.1) is 12.4 Å². The molecule has 0 spiro atoms. The molecule has 0 fully saturated rings. The molecule has 0 amide bonds. The molecule has 5 rings (SSSR count). The topological polar surface area (TPSA) is 78.9 Å². The molecule has 8 heteroatoms. The molecule has 1 unspecified atom stereocenters. The zero-order valence-electron chi connectivity index (χ0n) is 18.1. The van der Waals surface area contributed by atoms with Crippen LogP contribution >= 0.6 is 11.8 Å². The van der Waals surface area contributed by atoms with Gasteiger partial charge in [0, 0.05) is 16.8 Å².